The van der Waals surface area contributed by atoms with Crippen molar-refractivity contribution in [1.29, 1.82) is 0 Å². The molecule has 5 heteroatoms. The number of hydrogen-bond acceptors (Lipinski definition) is 4. The number of halogens is 1. The van der Waals surface area contributed by atoms with Gasteiger partial charge < -0.3 is 5.32 Å². The second-order valence-electron chi connectivity index (χ2n) is 2.64. The Bertz CT molecular complexity index is 441. The molecule has 0 atom stereocenters. The molecule has 0 spiro atoms. The fraction of sp³-hybridized carbons (Fsp3) is 0.111. The number of nitrogens with zero attached hydrogens (tertiary/aromatic N) is 2. The number of thiophene rings is 1. The van der Waals surface area contributed by atoms with Crippen molar-refractivity contribution in [3.63, 3.8) is 0 Å². The first-order valence-corrected chi connectivity index (χ1v) is 5.30. The smallest absolute Gasteiger partial charge is 0.145 e. The lowest BCUT2D eigenvalue weighted by Crippen LogP contribution is -1.94. The lowest BCUT2D eigenvalue weighted by molar-refractivity contribution is 1.20. The van der Waals surface area contributed by atoms with Gasteiger partial charge in [0.05, 0.1) is 22.3 Å². The number of nitrogens with one attached hydrogen (secondary N) is 1. The summed E-state index contributed by atoms with van der Waals surface area (Å²) >= 11 is 7.55. The zero-order valence-electron chi connectivity index (χ0n) is 7.49. The van der Waals surface area contributed by atoms with Gasteiger partial charge in [-0.1, -0.05) is 11.6 Å². The van der Waals surface area contributed by atoms with Gasteiger partial charge >= 0.3 is 0 Å². The molecule has 72 valence electrons. The van der Waals surface area contributed by atoms with Gasteiger partial charge in [0, 0.05) is 7.05 Å². The predicted octanol–water partition coefficient (Wildman–Crippen LogP) is 2.90. The lowest BCUT2D eigenvalue weighted by Gasteiger charge is -2.01. The molecular formula is C9H8ClN3S. The molecule has 0 aliphatic heterocycles. The van der Waals surface area contributed by atoms with Crippen LogP contribution in [0.4, 0.5) is 5.82 Å². The Morgan fingerprint density at radius 1 is 1.43 bits per heavy atom. The van der Waals surface area contributed by atoms with E-state index in [0.717, 1.165) is 21.4 Å². The van der Waals surface area contributed by atoms with Gasteiger partial charge in [0.25, 0.3) is 0 Å². The fourth-order valence-electron chi connectivity index (χ4n) is 1.07. The molecule has 2 heterocycles. The van der Waals surface area contributed by atoms with Gasteiger partial charge in [0.1, 0.15) is 11.5 Å². The van der Waals surface area contributed by atoms with E-state index in [0.29, 0.717) is 0 Å². The minimum Gasteiger partial charge on any atom is -0.372 e. The predicted molar refractivity (Wildman–Crippen MR) is 59.9 cm³/mol. The first-order chi connectivity index (χ1) is 6.81. The maximum atomic E-state index is 5.99. The molecule has 14 heavy (non-hydrogen) atoms. The highest BCUT2D eigenvalue weighted by Crippen LogP contribution is 2.31. The molecule has 0 aliphatic rings. The molecule has 0 aromatic carbocycles. The zero-order valence-corrected chi connectivity index (χ0v) is 9.06. The summed E-state index contributed by atoms with van der Waals surface area (Å²) in [6.45, 7) is 0. The molecule has 0 saturated heterocycles. The number of hydrogen-bond donors (Lipinski definition) is 1. The van der Waals surface area contributed by atoms with Gasteiger partial charge in [0.2, 0.25) is 0 Å². The monoisotopic (exact) mass is 225 g/mol. The van der Waals surface area contributed by atoms with E-state index in [1.54, 1.807) is 23.7 Å². The quantitative estimate of drug-likeness (QED) is 0.854. The van der Waals surface area contributed by atoms with E-state index in [-0.39, 0.29) is 0 Å². The normalized spacial score (nSPS) is 10.1. The third-order valence-electron chi connectivity index (χ3n) is 1.74. The van der Waals surface area contributed by atoms with Crippen LogP contribution in [0, 0.1) is 0 Å². The molecule has 0 aliphatic carbocycles. The highest BCUT2D eigenvalue weighted by atomic mass is 35.5. The largest absolute Gasteiger partial charge is 0.372 e. The summed E-state index contributed by atoms with van der Waals surface area (Å²) in [5.41, 5.74) is 0.803. The van der Waals surface area contributed by atoms with E-state index in [1.807, 2.05) is 18.5 Å². The van der Waals surface area contributed by atoms with Crippen LogP contribution in [0.25, 0.3) is 10.6 Å². The fourth-order valence-corrected chi connectivity index (χ4v) is 2.18. The second kappa shape index (κ2) is 3.94. The molecule has 2 aromatic heterocycles. The van der Waals surface area contributed by atoms with Gasteiger partial charge in [-0.05, 0) is 11.4 Å². The summed E-state index contributed by atoms with van der Waals surface area (Å²) in [7, 11) is 1.81. The molecule has 0 unspecified atom stereocenters. The highest BCUT2D eigenvalue weighted by molar-refractivity contribution is 7.14. The summed E-state index contributed by atoms with van der Waals surface area (Å²) in [4.78, 5) is 9.38. The van der Waals surface area contributed by atoms with Crippen molar-refractivity contribution in [1.82, 2.24) is 9.97 Å². The third kappa shape index (κ3) is 1.71. The van der Waals surface area contributed by atoms with Crippen LogP contribution in [-0.2, 0) is 0 Å². The first-order valence-electron chi connectivity index (χ1n) is 4.04. The molecule has 0 bridgehead atoms. The van der Waals surface area contributed by atoms with Gasteiger partial charge in [0.15, 0.2) is 0 Å². The number of anilines is 1. The van der Waals surface area contributed by atoms with E-state index < -0.39 is 0 Å². The topological polar surface area (TPSA) is 37.8 Å². The minimum atomic E-state index is 0.720. The summed E-state index contributed by atoms with van der Waals surface area (Å²) in [5.74, 6) is 0.743. The van der Waals surface area contributed by atoms with Crippen LogP contribution >= 0.6 is 22.9 Å². The van der Waals surface area contributed by atoms with Crippen molar-refractivity contribution in [3.05, 3.63) is 28.9 Å². The summed E-state index contributed by atoms with van der Waals surface area (Å²) in [5, 5.41) is 5.59. The van der Waals surface area contributed by atoms with Gasteiger partial charge in [-0.2, -0.15) is 0 Å². The van der Waals surface area contributed by atoms with Crippen LogP contribution in [0.2, 0.25) is 5.02 Å². The number of aromatic nitrogens is 2. The van der Waals surface area contributed by atoms with E-state index in [1.165, 1.54) is 0 Å². The van der Waals surface area contributed by atoms with Crippen molar-refractivity contribution < 1.29 is 0 Å². The van der Waals surface area contributed by atoms with Gasteiger partial charge in [-0.3, -0.25) is 4.98 Å². The summed E-state index contributed by atoms with van der Waals surface area (Å²) in [6, 6.07) is 1.86. The van der Waals surface area contributed by atoms with E-state index in [2.05, 4.69) is 15.3 Å². The van der Waals surface area contributed by atoms with E-state index in [4.69, 9.17) is 11.6 Å². The van der Waals surface area contributed by atoms with Crippen LogP contribution in [0.3, 0.4) is 0 Å². The summed E-state index contributed by atoms with van der Waals surface area (Å²) in [6.07, 6.45) is 3.38. The van der Waals surface area contributed by atoms with Crippen molar-refractivity contribution in [3.8, 4) is 10.6 Å². The Morgan fingerprint density at radius 2 is 2.29 bits per heavy atom. The molecule has 0 saturated carbocycles. The second-order valence-corrected chi connectivity index (χ2v) is 3.96. The van der Waals surface area contributed by atoms with Crippen molar-refractivity contribution in [2.45, 2.75) is 0 Å². The Morgan fingerprint density at radius 3 is 2.93 bits per heavy atom. The van der Waals surface area contributed by atoms with E-state index >= 15 is 0 Å². The van der Waals surface area contributed by atoms with Crippen molar-refractivity contribution in [2.24, 2.45) is 0 Å². The van der Waals surface area contributed by atoms with Crippen molar-refractivity contribution >= 4 is 28.8 Å². The number of rotatable bonds is 2. The molecule has 3 nitrogen and oxygen atoms in total. The molecule has 0 amide bonds. The van der Waals surface area contributed by atoms with Gasteiger partial charge in [-0.25, -0.2) is 4.98 Å². The molecule has 2 rings (SSSR count). The van der Waals surface area contributed by atoms with Crippen LogP contribution in [0.1, 0.15) is 0 Å². The Kier molecular flexibility index (Phi) is 2.65. The van der Waals surface area contributed by atoms with Gasteiger partial charge in [-0.15, -0.1) is 11.3 Å². The average molecular weight is 226 g/mol. The van der Waals surface area contributed by atoms with Crippen molar-refractivity contribution in [2.75, 3.05) is 12.4 Å². The van der Waals surface area contributed by atoms with Crippen LogP contribution < -0.4 is 5.32 Å². The third-order valence-corrected chi connectivity index (χ3v) is 3.10. The highest BCUT2D eigenvalue weighted by Gasteiger charge is 2.06. The van der Waals surface area contributed by atoms with Crippen LogP contribution in [0.5, 0.6) is 0 Å². The molecule has 0 radical (unpaired) electrons. The molecule has 0 fully saturated rings. The zero-order chi connectivity index (χ0) is 9.97. The standard InChI is InChI=1S/C9H8ClN3S/c1-11-8-5-12-4-7(13-8)9-6(10)2-3-14-9/h2-5H,1H3,(H,11,13). The lowest BCUT2D eigenvalue weighted by atomic mass is 10.3. The Hall–Kier alpha value is -1.13. The van der Waals surface area contributed by atoms with E-state index in [9.17, 15) is 0 Å². The summed E-state index contributed by atoms with van der Waals surface area (Å²) < 4.78 is 0. The molecule has 2 aromatic rings. The molecular weight excluding hydrogens is 218 g/mol. The maximum Gasteiger partial charge on any atom is 0.145 e. The Balaban J connectivity index is 2.47. The maximum absolute atomic E-state index is 5.99. The van der Waals surface area contributed by atoms with Crippen LogP contribution in [0.15, 0.2) is 23.8 Å². The van der Waals surface area contributed by atoms with Crippen LogP contribution in [-0.4, -0.2) is 17.0 Å². The minimum absolute atomic E-state index is 0.720. The first kappa shape index (κ1) is 9.43. The average Bonchev–Trinajstić information content (AvgIpc) is 2.65. The molecule has 1 N–H and O–H groups in total. The Labute approximate surface area is 90.8 Å². The SMILES string of the molecule is CNc1cncc(-c2sccc2Cl)n1.